The molecule has 136 valence electrons. The first-order valence-corrected chi connectivity index (χ1v) is 8.76. The molecule has 0 aliphatic heterocycles. The largest absolute Gasteiger partial charge is 0.481 e. The number of hydrogen-bond donors (Lipinski definition) is 1. The van der Waals surface area contributed by atoms with Gasteiger partial charge in [0.25, 0.3) is 5.91 Å². The summed E-state index contributed by atoms with van der Waals surface area (Å²) in [6, 6.07) is 13.6. The van der Waals surface area contributed by atoms with E-state index in [1.54, 1.807) is 24.1 Å². The summed E-state index contributed by atoms with van der Waals surface area (Å²) < 4.78 is 0. The maximum Gasteiger partial charge on any atom is 0.308 e. The number of pyridine rings is 1. The monoisotopic (exact) mass is 353 g/mol. The van der Waals surface area contributed by atoms with Crippen molar-refractivity contribution >= 4 is 23.4 Å². The Hall–Kier alpha value is -2.89. The van der Waals surface area contributed by atoms with E-state index in [1.807, 2.05) is 48.3 Å². The van der Waals surface area contributed by atoms with Crippen molar-refractivity contribution in [2.75, 3.05) is 18.5 Å². The van der Waals surface area contributed by atoms with Gasteiger partial charge in [0, 0.05) is 31.5 Å². The Morgan fingerprint density at radius 1 is 1.19 bits per heavy atom. The first kappa shape index (κ1) is 17.9. The lowest BCUT2D eigenvalue weighted by atomic mass is 10.1. The predicted octanol–water partition coefficient (Wildman–Crippen LogP) is 3.17. The second-order valence-electron chi connectivity index (χ2n) is 6.73. The minimum absolute atomic E-state index is 0.149. The van der Waals surface area contributed by atoms with Gasteiger partial charge in [-0.3, -0.25) is 9.59 Å². The van der Waals surface area contributed by atoms with Crippen LogP contribution in [0.2, 0.25) is 0 Å². The molecule has 3 rings (SSSR count). The lowest BCUT2D eigenvalue weighted by Crippen LogP contribution is -2.38. The number of aromatic nitrogens is 1. The molecule has 0 saturated heterocycles. The van der Waals surface area contributed by atoms with E-state index in [4.69, 9.17) is 5.11 Å². The number of para-hydroxylation sites is 1. The standard InChI is InChI=1S/C20H23N3O3/c1-14(20(25)26)13-23(17-9-10-17)19(24)15-8-11-18(21-12-15)22(2)16-6-4-3-5-7-16/h3-8,11-12,14,17H,9-10,13H2,1-2H3,(H,25,26). The molecule has 0 radical (unpaired) electrons. The Balaban J connectivity index is 1.74. The SMILES string of the molecule is CC(CN(C(=O)c1ccc(N(C)c2ccccc2)nc1)C1CC1)C(=O)O. The van der Waals surface area contributed by atoms with Gasteiger partial charge < -0.3 is 14.9 Å². The van der Waals surface area contributed by atoms with E-state index in [0.717, 1.165) is 24.3 Å². The van der Waals surface area contributed by atoms with Crippen molar-refractivity contribution in [1.82, 2.24) is 9.88 Å². The first-order chi connectivity index (χ1) is 12.5. The van der Waals surface area contributed by atoms with Crippen LogP contribution in [0, 0.1) is 5.92 Å². The van der Waals surface area contributed by atoms with Crippen LogP contribution in [0.15, 0.2) is 48.7 Å². The average Bonchev–Trinajstić information content (AvgIpc) is 3.50. The first-order valence-electron chi connectivity index (χ1n) is 8.76. The summed E-state index contributed by atoms with van der Waals surface area (Å²) in [5.74, 6) is -0.885. The number of aliphatic carboxylic acids is 1. The maximum absolute atomic E-state index is 12.8. The van der Waals surface area contributed by atoms with Gasteiger partial charge in [-0.2, -0.15) is 0 Å². The number of carboxylic acids is 1. The minimum atomic E-state index is -0.888. The number of carbonyl (C=O) groups is 2. The third-order valence-electron chi connectivity index (χ3n) is 4.62. The highest BCUT2D eigenvalue weighted by molar-refractivity contribution is 5.94. The van der Waals surface area contributed by atoms with Crippen LogP contribution in [0.3, 0.4) is 0 Å². The second-order valence-corrected chi connectivity index (χ2v) is 6.73. The molecule has 1 heterocycles. The van der Waals surface area contributed by atoms with E-state index in [1.165, 1.54) is 0 Å². The van der Waals surface area contributed by atoms with Crippen LogP contribution in [0.1, 0.15) is 30.1 Å². The van der Waals surface area contributed by atoms with Crippen molar-refractivity contribution in [3.05, 3.63) is 54.2 Å². The molecule has 1 aliphatic carbocycles. The zero-order chi connectivity index (χ0) is 18.7. The predicted molar refractivity (Wildman–Crippen MR) is 99.6 cm³/mol. The molecule has 26 heavy (non-hydrogen) atoms. The topological polar surface area (TPSA) is 73.7 Å². The third kappa shape index (κ3) is 4.02. The zero-order valence-electron chi connectivity index (χ0n) is 15.0. The van der Waals surface area contributed by atoms with Gasteiger partial charge in [-0.1, -0.05) is 25.1 Å². The Kier molecular flexibility index (Phi) is 5.21. The summed E-state index contributed by atoms with van der Waals surface area (Å²) in [6.45, 7) is 1.85. The van der Waals surface area contributed by atoms with E-state index >= 15 is 0 Å². The smallest absolute Gasteiger partial charge is 0.308 e. The number of carbonyl (C=O) groups excluding carboxylic acids is 1. The molecule has 1 saturated carbocycles. The van der Waals surface area contributed by atoms with Crippen LogP contribution < -0.4 is 4.90 Å². The van der Waals surface area contributed by atoms with Gasteiger partial charge in [0.2, 0.25) is 0 Å². The maximum atomic E-state index is 12.8. The van der Waals surface area contributed by atoms with Crippen molar-refractivity contribution in [2.45, 2.75) is 25.8 Å². The van der Waals surface area contributed by atoms with Gasteiger partial charge in [-0.15, -0.1) is 0 Å². The van der Waals surface area contributed by atoms with Crippen LogP contribution in [0.5, 0.6) is 0 Å². The lowest BCUT2D eigenvalue weighted by Gasteiger charge is -2.24. The van der Waals surface area contributed by atoms with Crippen molar-refractivity contribution in [3.8, 4) is 0 Å². The summed E-state index contributed by atoms with van der Waals surface area (Å²) in [5, 5.41) is 9.14. The van der Waals surface area contributed by atoms with Gasteiger partial charge in [-0.25, -0.2) is 4.98 Å². The molecule has 1 atom stereocenters. The molecule has 1 aromatic heterocycles. The van der Waals surface area contributed by atoms with Gasteiger partial charge in [0.15, 0.2) is 0 Å². The Labute approximate surface area is 153 Å². The van der Waals surface area contributed by atoms with Crippen molar-refractivity contribution in [3.63, 3.8) is 0 Å². The van der Waals surface area contributed by atoms with Gasteiger partial charge in [0.1, 0.15) is 5.82 Å². The molecule has 1 amide bonds. The van der Waals surface area contributed by atoms with E-state index in [9.17, 15) is 9.59 Å². The zero-order valence-corrected chi connectivity index (χ0v) is 15.0. The highest BCUT2D eigenvalue weighted by atomic mass is 16.4. The number of benzene rings is 1. The molecular formula is C20H23N3O3. The summed E-state index contributed by atoms with van der Waals surface area (Å²) in [6.07, 6.45) is 3.43. The molecule has 6 heteroatoms. The van der Waals surface area contributed by atoms with Crippen molar-refractivity contribution in [1.29, 1.82) is 0 Å². The van der Waals surface area contributed by atoms with Crippen LogP contribution in [0.25, 0.3) is 0 Å². The fraction of sp³-hybridized carbons (Fsp3) is 0.350. The second kappa shape index (κ2) is 7.56. The van der Waals surface area contributed by atoms with Gasteiger partial charge in [-0.05, 0) is 37.1 Å². The Morgan fingerprint density at radius 3 is 2.42 bits per heavy atom. The fourth-order valence-electron chi connectivity index (χ4n) is 2.82. The summed E-state index contributed by atoms with van der Waals surface area (Å²) in [4.78, 5) is 32.0. The number of carboxylic acid groups (broad SMARTS) is 1. The highest BCUT2D eigenvalue weighted by Crippen LogP contribution is 2.29. The number of anilines is 2. The number of amides is 1. The van der Waals surface area contributed by atoms with Crippen molar-refractivity contribution < 1.29 is 14.7 Å². The molecular weight excluding hydrogens is 330 g/mol. The molecule has 0 spiro atoms. The van der Waals surface area contributed by atoms with Crippen LogP contribution >= 0.6 is 0 Å². The molecule has 2 aromatic rings. The van der Waals surface area contributed by atoms with E-state index in [0.29, 0.717) is 5.56 Å². The molecule has 6 nitrogen and oxygen atoms in total. The van der Waals surface area contributed by atoms with Crippen LogP contribution in [-0.4, -0.2) is 46.5 Å². The van der Waals surface area contributed by atoms with Gasteiger partial charge >= 0.3 is 5.97 Å². The van der Waals surface area contributed by atoms with E-state index < -0.39 is 11.9 Å². The Morgan fingerprint density at radius 2 is 1.88 bits per heavy atom. The van der Waals surface area contributed by atoms with Gasteiger partial charge in [0.05, 0.1) is 11.5 Å². The third-order valence-corrected chi connectivity index (χ3v) is 4.62. The molecule has 1 unspecified atom stereocenters. The fourth-order valence-corrected chi connectivity index (χ4v) is 2.82. The Bertz CT molecular complexity index is 773. The average molecular weight is 353 g/mol. The van der Waals surface area contributed by atoms with Crippen molar-refractivity contribution in [2.24, 2.45) is 5.92 Å². The highest BCUT2D eigenvalue weighted by Gasteiger charge is 2.35. The lowest BCUT2D eigenvalue weighted by molar-refractivity contribution is -0.141. The molecule has 1 fully saturated rings. The summed E-state index contributed by atoms with van der Waals surface area (Å²) in [5.41, 5.74) is 1.49. The number of rotatable bonds is 7. The quantitative estimate of drug-likeness (QED) is 0.827. The van der Waals surface area contributed by atoms with E-state index in [2.05, 4.69) is 4.98 Å². The number of hydrogen-bond acceptors (Lipinski definition) is 4. The number of nitrogens with zero attached hydrogens (tertiary/aromatic N) is 3. The van der Waals surface area contributed by atoms with Crippen LogP contribution in [-0.2, 0) is 4.79 Å². The van der Waals surface area contributed by atoms with Crippen LogP contribution in [0.4, 0.5) is 11.5 Å². The molecule has 0 bridgehead atoms. The molecule has 1 aromatic carbocycles. The minimum Gasteiger partial charge on any atom is -0.481 e. The van der Waals surface area contributed by atoms with E-state index in [-0.39, 0.29) is 18.5 Å². The summed E-state index contributed by atoms with van der Waals surface area (Å²) in [7, 11) is 1.92. The molecule has 1 N–H and O–H groups in total. The normalized spacial score (nSPS) is 14.5. The summed E-state index contributed by atoms with van der Waals surface area (Å²) >= 11 is 0. The molecule has 1 aliphatic rings.